The van der Waals surface area contributed by atoms with Crippen molar-refractivity contribution >= 4 is 33.1 Å². The molecule has 17 heavy (non-hydrogen) atoms. The summed E-state index contributed by atoms with van der Waals surface area (Å²) in [6.45, 7) is 2.23. The lowest BCUT2D eigenvalue weighted by atomic mass is 10.2. The second kappa shape index (κ2) is 4.75. The second-order valence-electron chi connectivity index (χ2n) is 3.95. The van der Waals surface area contributed by atoms with E-state index in [4.69, 9.17) is 4.74 Å². The minimum atomic E-state index is -0.236. The van der Waals surface area contributed by atoms with Gasteiger partial charge in [-0.15, -0.1) is 11.3 Å². The number of ether oxygens (including phenoxy) is 1. The molecule has 1 aromatic heterocycles. The lowest BCUT2D eigenvalue weighted by Crippen LogP contribution is -2.07. The van der Waals surface area contributed by atoms with Crippen LogP contribution in [-0.2, 0) is 4.74 Å². The molecule has 0 fully saturated rings. The molecule has 3 nitrogen and oxygen atoms in total. The molecule has 90 valence electrons. The lowest BCUT2D eigenvalue weighted by Gasteiger charge is -2.11. The zero-order chi connectivity index (χ0) is 12.4. The molecule has 0 saturated carbocycles. The highest BCUT2D eigenvalue weighted by molar-refractivity contribution is 7.20. The molecule has 0 saturated heterocycles. The van der Waals surface area contributed by atoms with Crippen LogP contribution in [0.25, 0.3) is 10.1 Å². The molecular formula is C13H15NO2S. The highest BCUT2D eigenvalue weighted by Gasteiger charge is 2.11. The molecule has 0 unspecified atom stereocenters. The summed E-state index contributed by atoms with van der Waals surface area (Å²) in [5.74, 6) is -0.236. The van der Waals surface area contributed by atoms with Crippen molar-refractivity contribution in [3.8, 4) is 0 Å². The normalized spacial score (nSPS) is 10.5. The number of benzene rings is 1. The number of hydrogen-bond donors (Lipinski definition) is 0. The summed E-state index contributed by atoms with van der Waals surface area (Å²) < 4.78 is 6.11. The van der Waals surface area contributed by atoms with Crippen LogP contribution in [0.3, 0.4) is 0 Å². The molecule has 1 heterocycles. The topological polar surface area (TPSA) is 29.5 Å². The molecule has 4 heteroatoms. The number of rotatable bonds is 3. The predicted octanol–water partition coefficient (Wildman–Crippen LogP) is 3.14. The molecule has 0 spiro atoms. The van der Waals surface area contributed by atoms with Crippen molar-refractivity contribution in [1.82, 2.24) is 0 Å². The minimum Gasteiger partial charge on any atom is -0.462 e. The second-order valence-corrected chi connectivity index (χ2v) is 5.03. The summed E-state index contributed by atoms with van der Waals surface area (Å²) in [5.41, 5.74) is 1.13. The van der Waals surface area contributed by atoms with Gasteiger partial charge in [0, 0.05) is 24.5 Å². The molecule has 2 aromatic rings. The summed E-state index contributed by atoms with van der Waals surface area (Å²) in [5, 5.41) is 1.09. The third-order valence-electron chi connectivity index (χ3n) is 2.50. The maximum absolute atomic E-state index is 11.6. The number of esters is 1. The van der Waals surface area contributed by atoms with Crippen LogP contribution in [0.5, 0.6) is 0 Å². The Labute approximate surface area is 105 Å². The van der Waals surface area contributed by atoms with Gasteiger partial charge in [0.25, 0.3) is 0 Å². The summed E-state index contributed by atoms with van der Waals surface area (Å²) in [6, 6.07) is 8.05. The standard InChI is InChI=1S/C13H15NO2S/c1-4-16-13(15)12-7-9-5-6-10(14(2)3)8-11(9)17-12/h5-8H,4H2,1-3H3. The van der Waals surface area contributed by atoms with Gasteiger partial charge in [-0.25, -0.2) is 4.79 Å². The van der Waals surface area contributed by atoms with Gasteiger partial charge < -0.3 is 9.64 Å². The van der Waals surface area contributed by atoms with Crippen molar-refractivity contribution in [2.75, 3.05) is 25.6 Å². The van der Waals surface area contributed by atoms with E-state index in [0.717, 1.165) is 15.8 Å². The van der Waals surface area contributed by atoms with E-state index in [2.05, 4.69) is 6.07 Å². The van der Waals surface area contributed by atoms with Crippen LogP contribution in [0, 0.1) is 0 Å². The Morgan fingerprint density at radius 2 is 2.12 bits per heavy atom. The van der Waals surface area contributed by atoms with Crippen LogP contribution in [-0.4, -0.2) is 26.7 Å². The van der Waals surface area contributed by atoms with Crippen molar-refractivity contribution in [3.05, 3.63) is 29.1 Å². The molecule has 1 aromatic carbocycles. The van der Waals surface area contributed by atoms with Gasteiger partial charge in [-0.1, -0.05) is 6.07 Å². The SMILES string of the molecule is CCOC(=O)c1cc2ccc(N(C)C)cc2s1. The van der Waals surface area contributed by atoms with E-state index in [9.17, 15) is 4.79 Å². The zero-order valence-electron chi connectivity index (χ0n) is 10.2. The zero-order valence-corrected chi connectivity index (χ0v) is 11.0. The fourth-order valence-corrected chi connectivity index (χ4v) is 2.59. The van der Waals surface area contributed by atoms with Crippen molar-refractivity contribution in [2.24, 2.45) is 0 Å². The van der Waals surface area contributed by atoms with Gasteiger partial charge in [0.15, 0.2) is 0 Å². The number of hydrogen-bond acceptors (Lipinski definition) is 4. The Bertz CT molecular complexity index is 545. The monoisotopic (exact) mass is 249 g/mol. The summed E-state index contributed by atoms with van der Waals surface area (Å²) in [4.78, 5) is 14.3. The first-order valence-electron chi connectivity index (χ1n) is 5.50. The van der Waals surface area contributed by atoms with E-state index < -0.39 is 0 Å². The van der Waals surface area contributed by atoms with Crippen LogP contribution in [0.15, 0.2) is 24.3 Å². The summed E-state index contributed by atoms with van der Waals surface area (Å²) in [6.07, 6.45) is 0. The molecule has 0 N–H and O–H groups in total. The van der Waals surface area contributed by atoms with Crippen LogP contribution in [0.1, 0.15) is 16.6 Å². The smallest absolute Gasteiger partial charge is 0.348 e. The highest BCUT2D eigenvalue weighted by Crippen LogP contribution is 2.29. The van der Waals surface area contributed by atoms with E-state index in [0.29, 0.717) is 11.5 Å². The Morgan fingerprint density at radius 1 is 1.35 bits per heavy atom. The van der Waals surface area contributed by atoms with Crippen molar-refractivity contribution in [2.45, 2.75) is 6.92 Å². The van der Waals surface area contributed by atoms with Gasteiger partial charge in [0.1, 0.15) is 4.88 Å². The van der Waals surface area contributed by atoms with E-state index in [1.807, 2.05) is 44.1 Å². The number of nitrogens with zero attached hydrogens (tertiary/aromatic N) is 1. The number of carbonyl (C=O) groups is 1. The Kier molecular flexibility index (Phi) is 3.33. The third-order valence-corrected chi connectivity index (χ3v) is 3.57. The van der Waals surface area contributed by atoms with Gasteiger partial charge in [-0.05, 0) is 30.5 Å². The number of thiophene rings is 1. The molecule has 0 aliphatic carbocycles. The molecule has 2 rings (SSSR count). The maximum Gasteiger partial charge on any atom is 0.348 e. The molecule has 0 atom stereocenters. The van der Waals surface area contributed by atoms with Crippen LogP contribution in [0.4, 0.5) is 5.69 Å². The minimum absolute atomic E-state index is 0.236. The van der Waals surface area contributed by atoms with E-state index in [1.165, 1.54) is 11.3 Å². The van der Waals surface area contributed by atoms with Crippen LogP contribution in [0.2, 0.25) is 0 Å². The lowest BCUT2D eigenvalue weighted by molar-refractivity contribution is 0.0532. The highest BCUT2D eigenvalue weighted by atomic mass is 32.1. The van der Waals surface area contributed by atoms with Gasteiger partial charge in [-0.2, -0.15) is 0 Å². The quantitative estimate of drug-likeness (QED) is 0.783. The summed E-state index contributed by atoms with van der Waals surface area (Å²) in [7, 11) is 4.00. The molecule has 0 amide bonds. The fourth-order valence-electron chi connectivity index (χ4n) is 1.60. The van der Waals surface area contributed by atoms with E-state index >= 15 is 0 Å². The number of anilines is 1. The average molecular weight is 249 g/mol. The molecule has 0 aliphatic heterocycles. The van der Waals surface area contributed by atoms with E-state index in [1.54, 1.807) is 0 Å². The number of fused-ring (bicyclic) bond motifs is 1. The summed E-state index contributed by atoms with van der Waals surface area (Å²) >= 11 is 1.48. The van der Waals surface area contributed by atoms with Gasteiger partial charge in [0.05, 0.1) is 6.61 Å². The Balaban J connectivity index is 2.40. The van der Waals surface area contributed by atoms with Crippen molar-refractivity contribution < 1.29 is 9.53 Å². The van der Waals surface area contributed by atoms with Gasteiger partial charge in [-0.3, -0.25) is 0 Å². The van der Waals surface area contributed by atoms with E-state index in [-0.39, 0.29) is 5.97 Å². The average Bonchev–Trinajstić information content (AvgIpc) is 2.71. The molecular weight excluding hydrogens is 234 g/mol. The predicted molar refractivity (Wildman–Crippen MR) is 72.1 cm³/mol. The molecule has 0 radical (unpaired) electrons. The first-order valence-corrected chi connectivity index (χ1v) is 6.31. The van der Waals surface area contributed by atoms with Crippen molar-refractivity contribution in [1.29, 1.82) is 0 Å². The molecule has 0 bridgehead atoms. The van der Waals surface area contributed by atoms with Crippen LogP contribution >= 0.6 is 11.3 Å². The first-order chi connectivity index (χ1) is 8.11. The Morgan fingerprint density at radius 3 is 2.76 bits per heavy atom. The van der Waals surface area contributed by atoms with Crippen LogP contribution < -0.4 is 4.90 Å². The largest absolute Gasteiger partial charge is 0.462 e. The first kappa shape index (κ1) is 11.9. The van der Waals surface area contributed by atoms with Gasteiger partial charge >= 0.3 is 5.97 Å². The fraction of sp³-hybridized carbons (Fsp3) is 0.308. The number of carbonyl (C=O) groups excluding carboxylic acids is 1. The van der Waals surface area contributed by atoms with Gasteiger partial charge in [0.2, 0.25) is 0 Å². The maximum atomic E-state index is 11.6. The Hall–Kier alpha value is -1.55. The third kappa shape index (κ3) is 2.42. The molecule has 0 aliphatic rings. The van der Waals surface area contributed by atoms with Crippen molar-refractivity contribution in [3.63, 3.8) is 0 Å².